The molecule has 2 fully saturated rings. The number of nitrogens with two attached hydrogens (primary N) is 1. The van der Waals surface area contributed by atoms with E-state index in [0.29, 0.717) is 18.4 Å². The van der Waals surface area contributed by atoms with E-state index in [-0.39, 0.29) is 17.7 Å². The van der Waals surface area contributed by atoms with Crippen LogP contribution in [-0.2, 0) is 9.59 Å². The smallest absolute Gasteiger partial charge is 0.224 e. The van der Waals surface area contributed by atoms with Crippen LogP contribution < -0.4 is 11.1 Å². The minimum atomic E-state index is -0.582. The number of primary amides is 1. The molecule has 0 bridgehead atoms. The molecule has 2 amide bonds. The summed E-state index contributed by atoms with van der Waals surface area (Å²) in [5, 5.41) is 2.90. The van der Waals surface area contributed by atoms with Crippen LogP contribution in [0, 0.1) is 23.2 Å². The standard InChI is InChI=1S/C15H26N2O2/c1-3-17-13(18)12(9-11-8-10(11)2)15(14(16)19)6-4-5-7-15/h10-12H,3-9H2,1-2H3,(H2,16,19)(H,17,18). The lowest BCUT2D eigenvalue weighted by atomic mass is 9.70. The number of nitrogens with one attached hydrogen (secondary N) is 1. The van der Waals surface area contributed by atoms with Crippen LogP contribution in [0.25, 0.3) is 0 Å². The largest absolute Gasteiger partial charge is 0.369 e. The Morgan fingerprint density at radius 1 is 1.37 bits per heavy atom. The predicted octanol–water partition coefficient (Wildman–Crippen LogP) is 1.83. The minimum Gasteiger partial charge on any atom is -0.369 e. The Hall–Kier alpha value is -1.06. The summed E-state index contributed by atoms with van der Waals surface area (Å²) < 4.78 is 0. The van der Waals surface area contributed by atoms with E-state index in [2.05, 4.69) is 12.2 Å². The first-order chi connectivity index (χ1) is 9.01. The Morgan fingerprint density at radius 2 is 1.95 bits per heavy atom. The SMILES string of the molecule is CCNC(=O)C(CC1CC1C)C1(C(N)=O)CCCC1. The van der Waals surface area contributed by atoms with E-state index in [1.165, 1.54) is 6.42 Å². The molecule has 3 atom stereocenters. The summed E-state index contributed by atoms with van der Waals surface area (Å²) >= 11 is 0. The molecule has 0 spiro atoms. The van der Waals surface area contributed by atoms with Gasteiger partial charge in [0.05, 0.1) is 11.3 Å². The minimum absolute atomic E-state index is 0.0299. The summed E-state index contributed by atoms with van der Waals surface area (Å²) in [6.45, 7) is 4.75. The molecular weight excluding hydrogens is 240 g/mol. The maximum atomic E-state index is 12.4. The first kappa shape index (κ1) is 14.4. The third-order valence-electron chi connectivity index (χ3n) is 5.14. The Kier molecular flexibility index (Phi) is 4.16. The van der Waals surface area contributed by atoms with E-state index in [4.69, 9.17) is 5.73 Å². The van der Waals surface area contributed by atoms with E-state index in [1.807, 2.05) is 6.92 Å². The van der Waals surface area contributed by atoms with E-state index in [1.54, 1.807) is 0 Å². The maximum Gasteiger partial charge on any atom is 0.224 e. The van der Waals surface area contributed by atoms with Crippen LogP contribution in [-0.4, -0.2) is 18.4 Å². The molecule has 0 saturated heterocycles. The van der Waals surface area contributed by atoms with Crippen molar-refractivity contribution < 1.29 is 9.59 Å². The van der Waals surface area contributed by atoms with Gasteiger partial charge in [-0.25, -0.2) is 0 Å². The molecule has 0 aliphatic heterocycles. The molecule has 4 heteroatoms. The molecule has 0 radical (unpaired) electrons. The summed E-state index contributed by atoms with van der Waals surface area (Å²) in [6, 6.07) is 0. The second-order valence-electron chi connectivity index (χ2n) is 6.38. The van der Waals surface area contributed by atoms with Crippen molar-refractivity contribution >= 4 is 11.8 Å². The lowest BCUT2D eigenvalue weighted by Crippen LogP contribution is -2.48. The van der Waals surface area contributed by atoms with Crippen LogP contribution in [0.15, 0.2) is 0 Å². The summed E-state index contributed by atoms with van der Waals surface area (Å²) in [4.78, 5) is 24.4. The van der Waals surface area contributed by atoms with Gasteiger partial charge in [-0.3, -0.25) is 9.59 Å². The average molecular weight is 266 g/mol. The Labute approximate surface area is 115 Å². The fraction of sp³-hybridized carbons (Fsp3) is 0.867. The van der Waals surface area contributed by atoms with Crippen molar-refractivity contribution in [3.05, 3.63) is 0 Å². The van der Waals surface area contributed by atoms with Crippen molar-refractivity contribution in [1.82, 2.24) is 5.32 Å². The zero-order valence-corrected chi connectivity index (χ0v) is 12.1. The highest BCUT2D eigenvalue weighted by molar-refractivity contribution is 5.90. The summed E-state index contributed by atoms with van der Waals surface area (Å²) in [5.74, 6) is 0.840. The second kappa shape index (κ2) is 5.51. The summed E-state index contributed by atoms with van der Waals surface area (Å²) in [7, 11) is 0. The lowest BCUT2D eigenvalue weighted by molar-refractivity contribution is -0.140. The zero-order chi connectivity index (χ0) is 14.0. The average Bonchev–Trinajstić information content (AvgIpc) is 2.87. The van der Waals surface area contributed by atoms with E-state index < -0.39 is 5.41 Å². The van der Waals surface area contributed by atoms with Crippen LogP contribution in [0.5, 0.6) is 0 Å². The van der Waals surface area contributed by atoms with Gasteiger partial charge in [-0.1, -0.05) is 19.8 Å². The van der Waals surface area contributed by atoms with Gasteiger partial charge in [0, 0.05) is 6.54 Å². The maximum absolute atomic E-state index is 12.4. The van der Waals surface area contributed by atoms with Crippen LogP contribution in [0.3, 0.4) is 0 Å². The highest BCUT2D eigenvalue weighted by Crippen LogP contribution is 2.51. The van der Waals surface area contributed by atoms with Gasteiger partial charge in [0.1, 0.15) is 0 Å². The number of rotatable bonds is 6. The van der Waals surface area contributed by atoms with E-state index >= 15 is 0 Å². The Balaban J connectivity index is 2.18. The molecule has 0 aromatic heterocycles. The normalized spacial score (nSPS) is 29.8. The molecule has 19 heavy (non-hydrogen) atoms. The monoisotopic (exact) mass is 266 g/mol. The second-order valence-corrected chi connectivity index (χ2v) is 6.38. The highest BCUT2D eigenvalue weighted by atomic mass is 16.2. The molecule has 3 unspecified atom stereocenters. The third-order valence-corrected chi connectivity index (χ3v) is 5.14. The van der Waals surface area contributed by atoms with E-state index in [9.17, 15) is 9.59 Å². The topological polar surface area (TPSA) is 72.2 Å². The van der Waals surface area contributed by atoms with Crippen molar-refractivity contribution in [2.24, 2.45) is 28.9 Å². The molecule has 2 rings (SSSR count). The van der Waals surface area contributed by atoms with Gasteiger partial charge in [-0.2, -0.15) is 0 Å². The molecule has 0 heterocycles. The molecular formula is C15H26N2O2. The number of hydrogen-bond acceptors (Lipinski definition) is 2. The van der Waals surface area contributed by atoms with E-state index in [0.717, 1.165) is 32.1 Å². The van der Waals surface area contributed by atoms with Crippen molar-refractivity contribution in [3.63, 3.8) is 0 Å². The van der Waals surface area contributed by atoms with Gasteiger partial charge in [0.25, 0.3) is 0 Å². The highest BCUT2D eigenvalue weighted by Gasteiger charge is 2.51. The van der Waals surface area contributed by atoms with Gasteiger partial charge in [0.2, 0.25) is 11.8 Å². The quantitative estimate of drug-likeness (QED) is 0.770. The van der Waals surface area contributed by atoms with Crippen molar-refractivity contribution in [3.8, 4) is 0 Å². The Morgan fingerprint density at radius 3 is 2.37 bits per heavy atom. The Bertz CT molecular complexity index is 361. The third kappa shape index (κ3) is 2.77. The summed E-state index contributed by atoms with van der Waals surface area (Å²) in [6.07, 6.45) is 5.61. The predicted molar refractivity (Wildman–Crippen MR) is 74.2 cm³/mol. The van der Waals surface area contributed by atoms with Gasteiger partial charge in [-0.15, -0.1) is 0 Å². The lowest BCUT2D eigenvalue weighted by Gasteiger charge is -2.34. The molecule has 108 valence electrons. The molecule has 0 aromatic carbocycles. The zero-order valence-electron chi connectivity index (χ0n) is 12.1. The van der Waals surface area contributed by atoms with Gasteiger partial charge in [0.15, 0.2) is 0 Å². The number of amides is 2. The molecule has 2 aliphatic carbocycles. The molecule has 2 aliphatic rings. The van der Waals surface area contributed by atoms with Crippen LogP contribution in [0.4, 0.5) is 0 Å². The van der Waals surface area contributed by atoms with Gasteiger partial charge >= 0.3 is 0 Å². The fourth-order valence-corrected chi connectivity index (χ4v) is 3.68. The summed E-state index contributed by atoms with van der Waals surface area (Å²) in [5.41, 5.74) is 5.10. The van der Waals surface area contributed by atoms with Crippen LogP contribution >= 0.6 is 0 Å². The van der Waals surface area contributed by atoms with Crippen molar-refractivity contribution in [1.29, 1.82) is 0 Å². The molecule has 2 saturated carbocycles. The van der Waals surface area contributed by atoms with Crippen molar-refractivity contribution in [2.75, 3.05) is 6.54 Å². The first-order valence-electron chi connectivity index (χ1n) is 7.59. The molecule has 3 N–H and O–H groups in total. The van der Waals surface area contributed by atoms with Crippen LogP contribution in [0.1, 0.15) is 52.4 Å². The van der Waals surface area contributed by atoms with Gasteiger partial charge in [-0.05, 0) is 44.4 Å². The molecule has 0 aromatic rings. The molecule has 4 nitrogen and oxygen atoms in total. The number of carbonyl (C=O) groups excluding carboxylic acids is 2. The first-order valence-corrected chi connectivity index (χ1v) is 7.59. The fourth-order valence-electron chi connectivity index (χ4n) is 3.68. The van der Waals surface area contributed by atoms with Crippen molar-refractivity contribution in [2.45, 2.75) is 52.4 Å². The van der Waals surface area contributed by atoms with Crippen LogP contribution in [0.2, 0.25) is 0 Å². The van der Waals surface area contributed by atoms with Gasteiger partial charge < -0.3 is 11.1 Å². The number of hydrogen-bond donors (Lipinski definition) is 2. The number of carbonyl (C=O) groups is 2.